The van der Waals surface area contributed by atoms with Crippen molar-refractivity contribution in [2.45, 2.75) is 19.1 Å². The van der Waals surface area contributed by atoms with Crippen LogP contribution in [0.15, 0.2) is 34.0 Å². The minimum Gasteiger partial charge on any atom is -0.364 e. The van der Waals surface area contributed by atoms with Gasteiger partial charge in [0, 0.05) is 56.6 Å². The van der Waals surface area contributed by atoms with Crippen molar-refractivity contribution in [3.05, 3.63) is 39.4 Å². The number of rotatable bonds is 7. The van der Waals surface area contributed by atoms with Crippen LogP contribution in [0.25, 0.3) is 0 Å². The molecule has 3 heterocycles. The smallest absolute Gasteiger partial charge is 0.220 e. The van der Waals surface area contributed by atoms with Gasteiger partial charge < -0.3 is 14.7 Å². The molecule has 11 heteroatoms. The summed E-state index contributed by atoms with van der Waals surface area (Å²) in [6.07, 6.45) is 2.21. The van der Waals surface area contributed by atoms with Gasteiger partial charge in [-0.3, -0.25) is 4.99 Å². The summed E-state index contributed by atoms with van der Waals surface area (Å²) >= 11 is 7.54. The van der Waals surface area contributed by atoms with E-state index >= 15 is 0 Å². The molecule has 0 aliphatic carbocycles. The third-order valence-corrected chi connectivity index (χ3v) is 7.44. The summed E-state index contributed by atoms with van der Waals surface area (Å²) in [5, 5.41) is 6.99. The molecular weight excluding hydrogens is 422 g/mol. The first kappa shape index (κ1) is 21.1. The van der Waals surface area contributed by atoms with Crippen LogP contribution < -0.4 is 5.32 Å². The number of thiophene rings is 1. The van der Waals surface area contributed by atoms with Gasteiger partial charge in [-0.15, -0.1) is 11.3 Å². The largest absolute Gasteiger partial charge is 0.364 e. The number of hydrogen-bond donors (Lipinski definition) is 1. The van der Waals surface area contributed by atoms with Crippen molar-refractivity contribution in [2.75, 3.05) is 39.3 Å². The third kappa shape index (κ3) is 5.69. The lowest BCUT2D eigenvalue weighted by Crippen LogP contribution is -2.54. The zero-order valence-electron chi connectivity index (χ0n) is 15.7. The van der Waals surface area contributed by atoms with Crippen molar-refractivity contribution in [1.82, 2.24) is 19.7 Å². The lowest BCUT2D eigenvalue weighted by atomic mass is 10.3. The number of guanidine groups is 1. The van der Waals surface area contributed by atoms with Crippen molar-refractivity contribution in [3.63, 3.8) is 0 Å². The first-order valence-corrected chi connectivity index (χ1v) is 11.9. The summed E-state index contributed by atoms with van der Waals surface area (Å²) in [7, 11) is -3.41. The fourth-order valence-corrected chi connectivity index (χ4v) is 5.45. The van der Waals surface area contributed by atoms with E-state index in [4.69, 9.17) is 21.1 Å². The monoisotopic (exact) mass is 445 g/mol. The number of hydrogen-bond acceptors (Lipinski definition) is 6. The Hall–Kier alpha value is -1.62. The zero-order valence-corrected chi connectivity index (χ0v) is 18.1. The van der Waals surface area contributed by atoms with E-state index in [0.29, 0.717) is 38.4 Å². The van der Waals surface area contributed by atoms with Gasteiger partial charge in [-0.25, -0.2) is 8.42 Å². The first-order chi connectivity index (χ1) is 13.5. The summed E-state index contributed by atoms with van der Waals surface area (Å²) in [4.78, 5) is 8.00. The molecule has 2 aromatic rings. The van der Waals surface area contributed by atoms with E-state index in [1.54, 1.807) is 17.4 Å². The topological polar surface area (TPSA) is 91.0 Å². The Morgan fingerprint density at radius 1 is 1.32 bits per heavy atom. The van der Waals surface area contributed by atoms with Gasteiger partial charge in [-0.2, -0.15) is 4.31 Å². The first-order valence-electron chi connectivity index (χ1n) is 9.12. The van der Waals surface area contributed by atoms with Gasteiger partial charge in [0.2, 0.25) is 10.0 Å². The predicted molar refractivity (Wildman–Crippen MR) is 111 cm³/mol. The highest BCUT2D eigenvalue weighted by Crippen LogP contribution is 2.21. The highest BCUT2D eigenvalue weighted by molar-refractivity contribution is 7.88. The number of halogens is 1. The van der Waals surface area contributed by atoms with Gasteiger partial charge in [0.15, 0.2) is 5.96 Å². The second kappa shape index (κ2) is 9.73. The molecule has 1 saturated heterocycles. The van der Waals surface area contributed by atoms with Gasteiger partial charge in [0.05, 0.1) is 10.0 Å². The SMILES string of the molecule is CCNC(=NCCc1ccc(Cl)s1)N1CCN(S(=O)(=O)Cc2ccon2)CC1. The minimum atomic E-state index is -3.41. The molecular formula is C17H24ClN5O3S2. The second-order valence-electron chi connectivity index (χ2n) is 6.32. The van der Waals surface area contributed by atoms with Crippen LogP contribution in [0.4, 0.5) is 0 Å². The van der Waals surface area contributed by atoms with Crippen LogP contribution in [0.1, 0.15) is 17.5 Å². The second-order valence-corrected chi connectivity index (χ2v) is 10.1. The number of nitrogens with zero attached hydrogens (tertiary/aromatic N) is 4. The third-order valence-electron chi connectivity index (χ3n) is 4.34. The molecule has 154 valence electrons. The van der Waals surface area contributed by atoms with E-state index in [9.17, 15) is 8.42 Å². The summed E-state index contributed by atoms with van der Waals surface area (Å²) in [6.45, 7) is 5.46. The molecule has 0 radical (unpaired) electrons. The maximum Gasteiger partial charge on any atom is 0.220 e. The quantitative estimate of drug-likeness (QED) is 0.518. The van der Waals surface area contributed by atoms with E-state index in [1.165, 1.54) is 15.4 Å². The zero-order chi connectivity index (χ0) is 20.0. The molecule has 1 N–H and O–H groups in total. The fourth-order valence-electron chi connectivity index (χ4n) is 2.95. The van der Waals surface area contributed by atoms with E-state index in [1.807, 2.05) is 19.1 Å². The maximum absolute atomic E-state index is 12.6. The average Bonchev–Trinajstić information content (AvgIpc) is 3.32. The predicted octanol–water partition coefficient (Wildman–Crippen LogP) is 2.05. The molecule has 1 aliphatic rings. The number of aromatic nitrogens is 1. The van der Waals surface area contributed by atoms with Crippen LogP contribution in [-0.4, -0.2) is 68.0 Å². The lowest BCUT2D eigenvalue weighted by Gasteiger charge is -2.35. The van der Waals surface area contributed by atoms with Crippen LogP contribution in [0.3, 0.4) is 0 Å². The van der Waals surface area contributed by atoms with E-state index in [0.717, 1.165) is 23.3 Å². The van der Waals surface area contributed by atoms with Gasteiger partial charge in [-0.05, 0) is 19.1 Å². The molecule has 28 heavy (non-hydrogen) atoms. The molecule has 0 atom stereocenters. The molecule has 8 nitrogen and oxygen atoms in total. The highest BCUT2D eigenvalue weighted by Gasteiger charge is 2.28. The molecule has 0 spiro atoms. The van der Waals surface area contributed by atoms with Crippen molar-refractivity contribution in [3.8, 4) is 0 Å². The Morgan fingerprint density at radius 2 is 2.11 bits per heavy atom. The van der Waals surface area contributed by atoms with Crippen molar-refractivity contribution in [1.29, 1.82) is 0 Å². The lowest BCUT2D eigenvalue weighted by molar-refractivity contribution is 0.260. The van der Waals surface area contributed by atoms with Gasteiger partial charge in [-0.1, -0.05) is 16.8 Å². The molecule has 0 bridgehead atoms. The van der Waals surface area contributed by atoms with Crippen molar-refractivity contribution in [2.24, 2.45) is 4.99 Å². The van der Waals surface area contributed by atoms with Crippen LogP contribution >= 0.6 is 22.9 Å². The molecule has 0 saturated carbocycles. The Balaban J connectivity index is 1.55. The standard InChI is InChI=1S/C17H24ClN5O3S2/c1-2-19-17(20-7-5-15-3-4-16(18)27-15)22-8-10-23(11-9-22)28(24,25)13-14-6-12-26-21-14/h3-4,6,12H,2,5,7-11,13H2,1H3,(H,19,20). The molecule has 0 unspecified atom stereocenters. The van der Waals surface area contributed by atoms with Gasteiger partial charge in [0.1, 0.15) is 12.0 Å². The number of aliphatic imine (C=N–C) groups is 1. The van der Waals surface area contributed by atoms with Crippen molar-refractivity contribution < 1.29 is 12.9 Å². The van der Waals surface area contributed by atoms with Crippen LogP contribution in [0.2, 0.25) is 4.34 Å². The normalized spacial score (nSPS) is 16.5. The maximum atomic E-state index is 12.6. The summed E-state index contributed by atoms with van der Waals surface area (Å²) in [6, 6.07) is 5.49. The average molecular weight is 446 g/mol. The van der Waals surface area contributed by atoms with E-state index in [-0.39, 0.29) is 5.75 Å². The molecule has 1 fully saturated rings. The number of sulfonamides is 1. The Labute approximate surface area is 174 Å². The highest BCUT2D eigenvalue weighted by atomic mass is 35.5. The summed E-state index contributed by atoms with van der Waals surface area (Å²) < 4.78 is 32.1. The Kier molecular flexibility index (Phi) is 7.33. The molecule has 0 amide bonds. The molecule has 1 aliphatic heterocycles. The van der Waals surface area contributed by atoms with Crippen molar-refractivity contribution >= 4 is 38.9 Å². The summed E-state index contributed by atoms with van der Waals surface area (Å²) in [5.74, 6) is 0.680. The van der Waals surface area contributed by atoms with Crippen LogP contribution in [0.5, 0.6) is 0 Å². The van der Waals surface area contributed by atoms with E-state index < -0.39 is 10.0 Å². The Bertz CT molecular complexity index is 875. The summed E-state index contributed by atoms with van der Waals surface area (Å²) in [5.41, 5.74) is 0.422. The van der Waals surface area contributed by atoms with Gasteiger partial charge in [0.25, 0.3) is 0 Å². The van der Waals surface area contributed by atoms with Gasteiger partial charge >= 0.3 is 0 Å². The molecule has 2 aromatic heterocycles. The number of nitrogens with one attached hydrogen (secondary N) is 1. The molecule has 0 aromatic carbocycles. The van der Waals surface area contributed by atoms with Crippen LogP contribution in [-0.2, 0) is 22.2 Å². The Morgan fingerprint density at radius 3 is 2.71 bits per heavy atom. The minimum absolute atomic E-state index is 0.138. The van der Waals surface area contributed by atoms with E-state index in [2.05, 4.69) is 15.4 Å². The fraction of sp³-hybridized carbons (Fsp3) is 0.529. The molecule has 3 rings (SSSR count). The number of piperazine rings is 1. The van der Waals surface area contributed by atoms with Crippen LogP contribution in [0, 0.1) is 0 Å².